The van der Waals surface area contributed by atoms with Crippen molar-refractivity contribution < 1.29 is 14.3 Å². The summed E-state index contributed by atoms with van der Waals surface area (Å²) in [5.74, 6) is 0.0580. The third-order valence-corrected chi connectivity index (χ3v) is 4.74. The third-order valence-electron chi connectivity index (χ3n) is 4.74. The Hall–Kier alpha value is -3.86. The minimum Gasteiger partial charge on any atom is -0.496 e. The number of esters is 1. The second-order valence-electron chi connectivity index (χ2n) is 6.45. The molecule has 0 aliphatic rings. The number of aromatic nitrogens is 2. The van der Waals surface area contributed by atoms with Crippen molar-refractivity contribution in [2.24, 2.45) is 0 Å². The van der Waals surface area contributed by atoms with Gasteiger partial charge in [-0.2, -0.15) is 0 Å². The van der Waals surface area contributed by atoms with Crippen molar-refractivity contribution in [1.29, 1.82) is 0 Å². The number of rotatable bonds is 5. The third kappa shape index (κ3) is 3.62. The maximum Gasteiger partial charge on any atom is 0.341 e. The molecule has 0 bridgehead atoms. The number of fused-ring (bicyclic) bond motifs is 1. The summed E-state index contributed by atoms with van der Waals surface area (Å²) in [5.41, 5.74) is 5.41. The molecule has 4 rings (SSSR count). The van der Waals surface area contributed by atoms with E-state index in [9.17, 15) is 4.79 Å². The zero-order chi connectivity index (χ0) is 20.2. The van der Waals surface area contributed by atoms with Crippen molar-refractivity contribution in [3.8, 4) is 11.4 Å². The van der Waals surface area contributed by atoms with Crippen molar-refractivity contribution >= 4 is 29.2 Å². The number of hydrogen-bond acceptors (Lipinski definition) is 4. The highest BCUT2D eigenvalue weighted by Crippen LogP contribution is 2.25. The topological polar surface area (TPSA) is 53.4 Å². The van der Waals surface area contributed by atoms with Gasteiger partial charge in [-0.05, 0) is 41.5 Å². The largest absolute Gasteiger partial charge is 0.496 e. The van der Waals surface area contributed by atoms with Gasteiger partial charge in [0.05, 0.1) is 30.9 Å². The lowest BCUT2D eigenvalue weighted by Gasteiger charge is -2.09. The molecule has 0 amide bonds. The molecule has 0 saturated heterocycles. The van der Waals surface area contributed by atoms with Crippen LogP contribution in [0.2, 0.25) is 0 Å². The maximum atomic E-state index is 11.8. The fraction of sp³-hybridized carbons (Fsp3) is 0.0833. The first-order chi connectivity index (χ1) is 14.2. The van der Waals surface area contributed by atoms with Gasteiger partial charge in [-0.25, -0.2) is 9.78 Å². The number of hydrogen-bond donors (Lipinski definition) is 0. The van der Waals surface area contributed by atoms with E-state index in [1.807, 2.05) is 60.9 Å². The summed E-state index contributed by atoms with van der Waals surface area (Å²) < 4.78 is 12.2. The summed E-state index contributed by atoms with van der Waals surface area (Å²) in [4.78, 5) is 16.3. The molecule has 5 heteroatoms. The molecular formula is C24H20N2O3. The van der Waals surface area contributed by atoms with Gasteiger partial charge in [-0.3, -0.25) is 4.57 Å². The highest BCUT2D eigenvalue weighted by molar-refractivity contribution is 5.93. The number of benzene rings is 3. The summed E-state index contributed by atoms with van der Waals surface area (Å²) in [7, 11) is 2.89. The second-order valence-corrected chi connectivity index (χ2v) is 6.45. The number of para-hydroxylation sites is 3. The Bertz CT molecular complexity index is 1210. The SMILES string of the molecule is COC(=O)c1ccc(C=Cc2ccccc2-n2cnc3ccccc32)cc1OC. The van der Waals surface area contributed by atoms with E-state index in [1.54, 1.807) is 6.07 Å². The van der Waals surface area contributed by atoms with E-state index in [2.05, 4.69) is 27.8 Å². The Morgan fingerprint density at radius 2 is 1.76 bits per heavy atom. The number of nitrogens with zero attached hydrogens (tertiary/aromatic N) is 2. The summed E-state index contributed by atoms with van der Waals surface area (Å²) in [6.07, 6.45) is 5.86. The standard InChI is InChI=1S/C24H20N2O3/c1-28-23-15-17(12-14-19(23)24(27)29-2)11-13-18-7-3-5-9-21(18)26-16-25-20-8-4-6-10-22(20)26/h3-16H,1-2H3. The number of methoxy groups -OCH3 is 2. The lowest BCUT2D eigenvalue weighted by molar-refractivity contribution is 0.0597. The van der Waals surface area contributed by atoms with Crippen molar-refractivity contribution in [3.05, 3.63) is 89.7 Å². The van der Waals surface area contributed by atoms with Crippen LogP contribution in [0.5, 0.6) is 5.75 Å². The average molecular weight is 384 g/mol. The highest BCUT2D eigenvalue weighted by Gasteiger charge is 2.12. The number of carbonyl (C=O) groups excluding carboxylic acids is 1. The van der Waals surface area contributed by atoms with Crippen LogP contribution in [0.1, 0.15) is 21.5 Å². The first-order valence-corrected chi connectivity index (χ1v) is 9.17. The first-order valence-electron chi connectivity index (χ1n) is 9.17. The van der Waals surface area contributed by atoms with E-state index in [1.165, 1.54) is 14.2 Å². The van der Waals surface area contributed by atoms with E-state index in [-0.39, 0.29) is 0 Å². The van der Waals surface area contributed by atoms with Gasteiger partial charge in [0.15, 0.2) is 0 Å². The molecule has 5 nitrogen and oxygen atoms in total. The molecule has 1 heterocycles. The summed E-state index contributed by atoms with van der Waals surface area (Å²) >= 11 is 0. The average Bonchev–Trinajstić information content (AvgIpc) is 3.21. The van der Waals surface area contributed by atoms with Gasteiger partial charge in [0.2, 0.25) is 0 Å². The highest BCUT2D eigenvalue weighted by atomic mass is 16.5. The summed E-state index contributed by atoms with van der Waals surface area (Å²) in [6, 6.07) is 21.6. The van der Waals surface area contributed by atoms with E-state index >= 15 is 0 Å². The maximum absolute atomic E-state index is 11.8. The van der Waals surface area contributed by atoms with Crippen LogP contribution in [-0.2, 0) is 4.74 Å². The molecule has 0 radical (unpaired) electrons. The molecule has 0 N–H and O–H groups in total. The van der Waals surface area contributed by atoms with Crippen molar-refractivity contribution in [2.45, 2.75) is 0 Å². The molecule has 0 fully saturated rings. The van der Waals surface area contributed by atoms with Gasteiger partial charge in [-0.1, -0.05) is 48.6 Å². The molecule has 29 heavy (non-hydrogen) atoms. The fourth-order valence-corrected chi connectivity index (χ4v) is 3.28. The van der Waals surface area contributed by atoms with Gasteiger partial charge in [0, 0.05) is 0 Å². The normalized spacial score (nSPS) is 11.1. The van der Waals surface area contributed by atoms with Crippen LogP contribution in [0, 0.1) is 0 Å². The molecule has 144 valence electrons. The van der Waals surface area contributed by atoms with E-state index in [0.717, 1.165) is 27.8 Å². The predicted octanol–water partition coefficient (Wildman–Crippen LogP) is 4.99. The summed E-state index contributed by atoms with van der Waals surface area (Å²) in [6.45, 7) is 0. The van der Waals surface area contributed by atoms with Gasteiger partial charge in [-0.15, -0.1) is 0 Å². The first kappa shape index (κ1) is 18.5. The van der Waals surface area contributed by atoms with Crippen molar-refractivity contribution in [2.75, 3.05) is 14.2 Å². The molecule has 0 aliphatic carbocycles. The van der Waals surface area contributed by atoms with Gasteiger partial charge in [0.25, 0.3) is 0 Å². The minimum atomic E-state index is -0.422. The number of carbonyl (C=O) groups is 1. The van der Waals surface area contributed by atoms with Crippen molar-refractivity contribution in [3.63, 3.8) is 0 Å². The molecular weight excluding hydrogens is 364 g/mol. The lowest BCUT2D eigenvalue weighted by Crippen LogP contribution is -2.04. The Labute approximate surface area is 168 Å². The van der Waals surface area contributed by atoms with Gasteiger partial charge < -0.3 is 9.47 Å². The van der Waals surface area contributed by atoms with Crippen LogP contribution in [0.3, 0.4) is 0 Å². The Morgan fingerprint density at radius 3 is 2.59 bits per heavy atom. The Morgan fingerprint density at radius 1 is 0.966 bits per heavy atom. The molecule has 0 spiro atoms. The van der Waals surface area contributed by atoms with Gasteiger partial charge >= 0.3 is 5.97 Å². The molecule has 0 atom stereocenters. The van der Waals surface area contributed by atoms with Crippen LogP contribution in [0.4, 0.5) is 0 Å². The number of imidazole rings is 1. The van der Waals surface area contributed by atoms with E-state index in [4.69, 9.17) is 9.47 Å². The molecule has 0 aliphatic heterocycles. The zero-order valence-electron chi connectivity index (χ0n) is 16.2. The van der Waals surface area contributed by atoms with Crippen molar-refractivity contribution in [1.82, 2.24) is 9.55 Å². The lowest BCUT2D eigenvalue weighted by atomic mass is 10.1. The van der Waals surface area contributed by atoms with Crippen LogP contribution in [-0.4, -0.2) is 29.7 Å². The molecule has 0 unspecified atom stereocenters. The Balaban J connectivity index is 1.71. The second kappa shape index (κ2) is 8.02. The number of ether oxygens (including phenoxy) is 2. The smallest absolute Gasteiger partial charge is 0.341 e. The van der Waals surface area contributed by atoms with Crippen LogP contribution in [0.25, 0.3) is 28.9 Å². The van der Waals surface area contributed by atoms with E-state index in [0.29, 0.717) is 11.3 Å². The predicted molar refractivity (Wildman–Crippen MR) is 114 cm³/mol. The zero-order valence-corrected chi connectivity index (χ0v) is 16.2. The quantitative estimate of drug-likeness (QED) is 0.359. The van der Waals surface area contributed by atoms with Gasteiger partial charge in [0.1, 0.15) is 17.6 Å². The molecule has 4 aromatic rings. The monoisotopic (exact) mass is 384 g/mol. The Kier molecular flexibility index (Phi) is 5.12. The van der Waals surface area contributed by atoms with E-state index < -0.39 is 5.97 Å². The molecule has 3 aromatic carbocycles. The summed E-state index contributed by atoms with van der Waals surface area (Å²) in [5, 5.41) is 0. The minimum absolute atomic E-state index is 0.400. The fourth-order valence-electron chi connectivity index (χ4n) is 3.28. The van der Waals surface area contributed by atoms with Crippen LogP contribution in [0.15, 0.2) is 73.1 Å². The van der Waals surface area contributed by atoms with Crippen LogP contribution >= 0.6 is 0 Å². The molecule has 1 aromatic heterocycles. The molecule has 0 saturated carbocycles. The van der Waals surface area contributed by atoms with Crippen LogP contribution < -0.4 is 4.74 Å².